The molecule has 1 fully saturated rings. The molecule has 3 heterocycles. The van der Waals surface area contributed by atoms with Crippen molar-refractivity contribution in [3.63, 3.8) is 0 Å². The van der Waals surface area contributed by atoms with Gasteiger partial charge in [-0.2, -0.15) is 0 Å². The molecule has 11 heteroatoms. The number of amidine groups is 1. The lowest BCUT2D eigenvalue weighted by Crippen LogP contribution is -2.31. The minimum Gasteiger partial charge on any atom is -0.355 e. The van der Waals surface area contributed by atoms with Gasteiger partial charge in [0, 0.05) is 31.0 Å². The van der Waals surface area contributed by atoms with Crippen molar-refractivity contribution in [3.8, 4) is 11.4 Å². The summed E-state index contributed by atoms with van der Waals surface area (Å²) in [6, 6.07) is 3.76. The quantitative estimate of drug-likeness (QED) is 0.211. The number of carbonyl (C=O) groups excluding carboxylic acids is 1. The molecule has 1 saturated carbocycles. The van der Waals surface area contributed by atoms with E-state index in [-0.39, 0.29) is 18.4 Å². The lowest BCUT2D eigenvalue weighted by Gasteiger charge is -2.28. The average Bonchev–Trinajstić information content (AvgIpc) is 3.80. The van der Waals surface area contributed by atoms with Crippen molar-refractivity contribution in [2.24, 2.45) is 4.99 Å². The third-order valence-corrected chi connectivity index (χ3v) is 8.23. The molecule has 2 atom stereocenters. The number of pyridine rings is 1. The van der Waals surface area contributed by atoms with Crippen molar-refractivity contribution in [3.05, 3.63) is 47.3 Å². The Labute approximate surface area is 232 Å². The molecular weight excluding hydrogens is 512 g/mol. The molecule has 1 unspecified atom stereocenters. The molecule has 0 bridgehead atoms. The fraction of sp³-hybridized carbons (Fsp3) is 0.464. The lowest BCUT2D eigenvalue weighted by molar-refractivity contribution is -0.102. The van der Waals surface area contributed by atoms with E-state index in [0.717, 1.165) is 41.8 Å². The van der Waals surface area contributed by atoms with E-state index in [1.807, 2.05) is 33.9 Å². The van der Waals surface area contributed by atoms with Gasteiger partial charge >= 0.3 is 0 Å². The van der Waals surface area contributed by atoms with Crippen LogP contribution in [0.5, 0.6) is 0 Å². The van der Waals surface area contributed by atoms with Crippen molar-refractivity contribution >= 4 is 34.4 Å². The second-order valence-electron chi connectivity index (χ2n) is 9.78. The van der Waals surface area contributed by atoms with Crippen LogP contribution in [0.25, 0.3) is 11.4 Å². The van der Waals surface area contributed by atoms with Gasteiger partial charge in [0.2, 0.25) is 0 Å². The smallest absolute Gasteiger partial charge is 0.185 e. The molecule has 3 aromatic rings. The third kappa shape index (κ3) is 6.52. The predicted octanol–water partition coefficient (Wildman–Crippen LogP) is 4.39. The molecule has 39 heavy (non-hydrogen) atoms. The van der Waals surface area contributed by atoms with E-state index in [1.165, 1.54) is 0 Å². The summed E-state index contributed by atoms with van der Waals surface area (Å²) in [5, 5.41) is 3.73. The maximum atomic E-state index is 12.0. The van der Waals surface area contributed by atoms with Gasteiger partial charge in [-0.3, -0.25) is 14.0 Å². The van der Waals surface area contributed by atoms with Crippen LogP contribution in [0.3, 0.4) is 0 Å². The van der Waals surface area contributed by atoms with E-state index >= 15 is 0 Å². The third-order valence-electron chi connectivity index (χ3n) is 7.00. The van der Waals surface area contributed by atoms with Gasteiger partial charge in [0.05, 0.1) is 40.0 Å². The Balaban J connectivity index is 1.69. The monoisotopic (exact) mass is 548 g/mol. The molecule has 1 N–H and O–H groups in total. The van der Waals surface area contributed by atoms with Crippen molar-refractivity contribution in [2.45, 2.75) is 77.4 Å². The van der Waals surface area contributed by atoms with E-state index in [4.69, 9.17) is 9.97 Å². The summed E-state index contributed by atoms with van der Waals surface area (Å²) in [5.74, 6) is 2.35. The normalized spacial score (nSPS) is 15.1. The zero-order valence-corrected chi connectivity index (χ0v) is 24.2. The van der Waals surface area contributed by atoms with Gasteiger partial charge < -0.3 is 10.2 Å². The number of aryl methyl sites for hydroxylation is 2. The minimum atomic E-state index is -1.11. The SMILES string of the molecule is CC[C@H](C)N(C)c1nc(-c2c(C)ncnc2C2CC2)nc(C)c1NC(C=O)=NCc1ccc(S(=O)CC)nc1. The van der Waals surface area contributed by atoms with E-state index in [2.05, 4.69) is 44.0 Å². The molecule has 0 spiro atoms. The van der Waals surface area contributed by atoms with Gasteiger partial charge in [0.15, 0.2) is 23.8 Å². The van der Waals surface area contributed by atoms with Gasteiger partial charge in [-0.25, -0.2) is 24.9 Å². The molecule has 0 saturated heterocycles. The van der Waals surface area contributed by atoms with E-state index in [1.54, 1.807) is 18.6 Å². The Hall–Kier alpha value is -3.60. The minimum absolute atomic E-state index is 0.160. The number of anilines is 2. The van der Waals surface area contributed by atoms with E-state index in [0.29, 0.717) is 46.0 Å². The van der Waals surface area contributed by atoms with Crippen molar-refractivity contribution in [2.75, 3.05) is 23.0 Å². The molecule has 3 aromatic heterocycles. The van der Waals surface area contributed by atoms with E-state index in [9.17, 15) is 9.00 Å². The number of aliphatic imine (C=N–C) groups is 1. The number of hydrogen-bond donors (Lipinski definition) is 1. The number of aromatic nitrogens is 5. The second-order valence-corrected chi connectivity index (χ2v) is 11.5. The van der Waals surface area contributed by atoms with Gasteiger partial charge in [-0.05, 0) is 51.7 Å². The first kappa shape index (κ1) is 28.4. The average molecular weight is 549 g/mol. The second kappa shape index (κ2) is 12.5. The highest BCUT2D eigenvalue weighted by molar-refractivity contribution is 7.84. The van der Waals surface area contributed by atoms with E-state index < -0.39 is 10.8 Å². The van der Waals surface area contributed by atoms with Gasteiger partial charge in [-0.1, -0.05) is 19.9 Å². The first-order chi connectivity index (χ1) is 18.8. The first-order valence-electron chi connectivity index (χ1n) is 13.3. The standard InChI is InChI=1S/C28H36N8O2S/c1-7-17(3)36(6)28-25(34-22(15-37)29-13-20-9-12-23(30-14-20)39(38)8-2)19(5)33-27(35-28)24-18(4)31-16-32-26(24)21-10-11-21/h9,12,14-17,21H,7-8,10-11,13H2,1-6H3,(H,29,34)/t17-,39?/m0/s1. The molecule has 0 aliphatic heterocycles. The predicted molar refractivity (Wildman–Crippen MR) is 155 cm³/mol. The first-order valence-corrected chi connectivity index (χ1v) is 14.6. The molecular formula is C28H36N8O2S. The molecule has 0 radical (unpaired) electrons. The van der Waals surface area contributed by atoms with Gasteiger partial charge in [-0.15, -0.1) is 0 Å². The molecule has 10 nitrogen and oxygen atoms in total. The van der Waals surface area contributed by atoms with Gasteiger partial charge in [0.25, 0.3) is 0 Å². The van der Waals surface area contributed by atoms with Crippen LogP contribution in [-0.4, -0.2) is 60.1 Å². The fourth-order valence-electron chi connectivity index (χ4n) is 4.19. The zero-order chi connectivity index (χ0) is 28.1. The van der Waals surface area contributed by atoms with Gasteiger partial charge in [0.1, 0.15) is 17.0 Å². The largest absolute Gasteiger partial charge is 0.355 e. The highest BCUT2D eigenvalue weighted by Gasteiger charge is 2.31. The van der Waals surface area contributed by atoms with Crippen molar-refractivity contribution < 1.29 is 9.00 Å². The molecule has 0 amide bonds. The van der Waals surface area contributed by atoms with Crippen LogP contribution in [0.2, 0.25) is 0 Å². The molecule has 1 aliphatic rings. The van der Waals surface area contributed by atoms with Crippen LogP contribution >= 0.6 is 0 Å². The molecule has 206 valence electrons. The molecule has 1 aliphatic carbocycles. The number of carbonyl (C=O) groups is 1. The van der Waals surface area contributed by atoms with Crippen LogP contribution in [0.1, 0.15) is 68.6 Å². The lowest BCUT2D eigenvalue weighted by atomic mass is 10.1. The van der Waals surface area contributed by atoms with Crippen LogP contribution in [0, 0.1) is 13.8 Å². The summed E-state index contributed by atoms with van der Waals surface area (Å²) in [7, 11) is 0.878. The Bertz CT molecular complexity index is 1390. The zero-order valence-electron chi connectivity index (χ0n) is 23.4. The summed E-state index contributed by atoms with van der Waals surface area (Å²) in [6.07, 6.45) is 7.07. The summed E-state index contributed by atoms with van der Waals surface area (Å²) in [6.45, 7) is 10.2. The number of hydrogen-bond acceptors (Lipinski definition) is 9. The number of rotatable bonds is 11. The maximum Gasteiger partial charge on any atom is 0.185 e. The van der Waals surface area contributed by atoms with Crippen LogP contribution in [0.15, 0.2) is 34.7 Å². The summed E-state index contributed by atoms with van der Waals surface area (Å²) < 4.78 is 12.0. The molecule has 0 aromatic carbocycles. The Kier molecular flexibility index (Phi) is 9.11. The summed E-state index contributed by atoms with van der Waals surface area (Å²) >= 11 is 0. The van der Waals surface area contributed by atoms with Crippen molar-refractivity contribution in [1.29, 1.82) is 0 Å². The van der Waals surface area contributed by atoms with Crippen LogP contribution in [0.4, 0.5) is 11.5 Å². The summed E-state index contributed by atoms with van der Waals surface area (Å²) in [5.41, 5.74) is 4.86. The number of nitrogens with one attached hydrogen (secondary N) is 1. The number of nitrogens with zero attached hydrogens (tertiary/aromatic N) is 7. The highest BCUT2D eigenvalue weighted by Crippen LogP contribution is 2.44. The van der Waals surface area contributed by atoms with Crippen molar-refractivity contribution in [1.82, 2.24) is 24.9 Å². The fourth-order valence-corrected chi connectivity index (χ4v) is 4.87. The van der Waals surface area contributed by atoms with Crippen LogP contribution in [-0.2, 0) is 22.1 Å². The Morgan fingerprint density at radius 1 is 1.18 bits per heavy atom. The molecule has 4 rings (SSSR count). The van der Waals surface area contributed by atoms with Crippen LogP contribution < -0.4 is 10.2 Å². The summed E-state index contributed by atoms with van der Waals surface area (Å²) in [4.78, 5) is 41.7. The number of aldehydes is 1. The maximum absolute atomic E-state index is 12.0. The topological polar surface area (TPSA) is 126 Å². The Morgan fingerprint density at radius 3 is 2.56 bits per heavy atom. The Morgan fingerprint density at radius 2 is 1.95 bits per heavy atom. The highest BCUT2D eigenvalue weighted by atomic mass is 32.2.